The summed E-state index contributed by atoms with van der Waals surface area (Å²) in [7, 11) is -4.44. The lowest BCUT2D eigenvalue weighted by atomic mass is 10.0. The number of hydrogen-bond donors (Lipinski definition) is 2. The molecule has 5 nitrogen and oxygen atoms in total. The minimum Gasteiger partial charge on any atom is -0.285 e. The van der Waals surface area contributed by atoms with Crippen LogP contribution in [0, 0.1) is 0 Å². The van der Waals surface area contributed by atoms with E-state index in [2.05, 4.69) is 10.5 Å². The average molecular weight is 366 g/mol. The molecule has 0 aliphatic rings. The zero-order chi connectivity index (χ0) is 18.4. The zero-order valence-electron chi connectivity index (χ0n) is 13.9. The van der Waals surface area contributed by atoms with Gasteiger partial charge in [-0.25, -0.2) is 0 Å². The van der Waals surface area contributed by atoms with Gasteiger partial charge in [0.1, 0.15) is 0 Å². The molecule has 0 heterocycles. The molecule has 0 saturated carbocycles. The molecule has 1 atom stereocenters. The van der Waals surface area contributed by atoms with E-state index >= 15 is 0 Å². The van der Waals surface area contributed by atoms with E-state index in [1.807, 2.05) is 36.4 Å². The lowest BCUT2D eigenvalue weighted by molar-refractivity contribution is 0.478. The fraction of sp³-hybridized carbons (Fsp3) is 0.0500. The highest BCUT2D eigenvalue weighted by atomic mass is 32.2. The van der Waals surface area contributed by atoms with Crippen LogP contribution in [0.3, 0.4) is 0 Å². The third-order valence-electron chi connectivity index (χ3n) is 3.80. The van der Waals surface area contributed by atoms with Gasteiger partial charge in [-0.05, 0) is 23.3 Å². The van der Waals surface area contributed by atoms with Crippen LogP contribution >= 0.6 is 0 Å². The first-order valence-corrected chi connectivity index (χ1v) is 9.51. The van der Waals surface area contributed by atoms with Crippen LogP contribution in [0.2, 0.25) is 0 Å². The van der Waals surface area contributed by atoms with Crippen LogP contribution in [0.1, 0.15) is 16.4 Å². The Morgan fingerprint density at radius 1 is 0.808 bits per heavy atom. The van der Waals surface area contributed by atoms with Gasteiger partial charge >= 0.3 is 0 Å². The largest absolute Gasteiger partial charge is 0.285 e. The third-order valence-corrected chi connectivity index (χ3v) is 4.89. The van der Waals surface area contributed by atoms with Gasteiger partial charge < -0.3 is 0 Å². The maximum absolute atomic E-state index is 12.2. The normalized spacial score (nSPS) is 13.2. The lowest BCUT2D eigenvalue weighted by Crippen LogP contribution is -2.24. The molecular weight excluding hydrogens is 348 g/mol. The fourth-order valence-electron chi connectivity index (χ4n) is 2.62. The van der Waals surface area contributed by atoms with Gasteiger partial charge in [0, 0.05) is 0 Å². The summed E-state index contributed by atoms with van der Waals surface area (Å²) in [5.41, 5.74) is 4.84. The van der Waals surface area contributed by atoms with Crippen LogP contribution in [0.25, 0.3) is 0 Å². The molecule has 0 saturated heterocycles. The molecule has 3 aromatic rings. The molecule has 0 fully saturated rings. The highest BCUT2D eigenvalue weighted by Crippen LogP contribution is 2.27. The quantitative estimate of drug-likeness (QED) is 0.390. The van der Waals surface area contributed by atoms with E-state index < -0.39 is 15.4 Å². The number of hydrogen-bond acceptors (Lipinski definition) is 4. The monoisotopic (exact) mass is 366 g/mol. The molecule has 0 spiro atoms. The van der Waals surface area contributed by atoms with Crippen LogP contribution in [0.5, 0.6) is 0 Å². The van der Waals surface area contributed by atoms with Gasteiger partial charge in [-0.3, -0.25) is 9.98 Å². The molecule has 26 heavy (non-hydrogen) atoms. The average Bonchev–Trinajstić information content (AvgIpc) is 2.66. The van der Waals surface area contributed by atoms with Crippen molar-refractivity contribution in [3.05, 3.63) is 102 Å². The number of nitrogens with zero attached hydrogens (tertiary/aromatic N) is 1. The molecule has 0 aliphatic carbocycles. The van der Waals surface area contributed by atoms with Crippen LogP contribution in [0.4, 0.5) is 5.69 Å². The Morgan fingerprint density at radius 3 is 1.85 bits per heavy atom. The summed E-state index contributed by atoms with van der Waals surface area (Å²) in [6.07, 6.45) is 0. The Balaban J connectivity index is 2.12. The van der Waals surface area contributed by atoms with Crippen molar-refractivity contribution < 1.29 is 13.0 Å². The Bertz CT molecular complexity index is 973. The summed E-state index contributed by atoms with van der Waals surface area (Å²) < 4.78 is 34.3. The Hall–Kier alpha value is -2.96. The number of para-hydroxylation sites is 1. The number of anilines is 1. The van der Waals surface area contributed by atoms with Gasteiger partial charge in [-0.1, -0.05) is 78.9 Å². The van der Waals surface area contributed by atoms with Crippen molar-refractivity contribution >= 4 is 21.5 Å². The van der Waals surface area contributed by atoms with Crippen LogP contribution < -0.4 is 5.43 Å². The Labute approximate surface area is 152 Å². The van der Waals surface area contributed by atoms with E-state index in [9.17, 15) is 13.0 Å². The van der Waals surface area contributed by atoms with E-state index in [1.54, 1.807) is 54.6 Å². The first-order valence-electron chi connectivity index (χ1n) is 8.01. The number of rotatable bonds is 6. The van der Waals surface area contributed by atoms with Crippen molar-refractivity contribution in [1.82, 2.24) is 0 Å². The predicted molar refractivity (Wildman–Crippen MR) is 104 cm³/mol. The van der Waals surface area contributed by atoms with Gasteiger partial charge in [-0.2, -0.15) is 13.5 Å². The highest BCUT2D eigenvalue weighted by molar-refractivity contribution is 7.86. The minimum absolute atomic E-state index is 0.211. The zero-order valence-corrected chi connectivity index (χ0v) is 14.7. The van der Waals surface area contributed by atoms with E-state index in [-0.39, 0.29) is 5.71 Å². The summed E-state index contributed by atoms with van der Waals surface area (Å²) in [5, 5.41) is 3.03. The fourth-order valence-corrected chi connectivity index (χ4v) is 3.59. The summed E-state index contributed by atoms with van der Waals surface area (Å²) in [6, 6.07) is 26.7. The molecule has 0 radical (unpaired) electrons. The van der Waals surface area contributed by atoms with E-state index in [1.165, 1.54) is 0 Å². The highest BCUT2D eigenvalue weighted by Gasteiger charge is 2.31. The Kier molecular flexibility index (Phi) is 5.46. The molecule has 2 N–H and O–H groups in total. The molecule has 132 valence electrons. The summed E-state index contributed by atoms with van der Waals surface area (Å²) in [6.45, 7) is 0. The van der Waals surface area contributed by atoms with Crippen LogP contribution in [0.15, 0.2) is 96.1 Å². The first kappa shape index (κ1) is 17.8. The molecule has 3 rings (SSSR count). The topological polar surface area (TPSA) is 78.8 Å². The van der Waals surface area contributed by atoms with Crippen molar-refractivity contribution in [2.75, 3.05) is 5.43 Å². The van der Waals surface area contributed by atoms with Gasteiger partial charge in [0.15, 0.2) is 5.25 Å². The van der Waals surface area contributed by atoms with Gasteiger partial charge in [0.2, 0.25) is 0 Å². The number of nitrogens with one attached hydrogen (secondary N) is 1. The van der Waals surface area contributed by atoms with Crippen molar-refractivity contribution in [1.29, 1.82) is 0 Å². The smallest absolute Gasteiger partial charge is 0.277 e. The number of benzene rings is 3. The molecule has 0 bridgehead atoms. The van der Waals surface area contributed by atoms with Crippen LogP contribution in [-0.2, 0) is 10.1 Å². The SMILES string of the molecule is O=S(=O)(O)C(/C(=N\Nc1ccccc1)c1ccccc1)c1ccccc1. The summed E-state index contributed by atoms with van der Waals surface area (Å²) >= 11 is 0. The van der Waals surface area contributed by atoms with Crippen molar-refractivity contribution in [3.63, 3.8) is 0 Å². The minimum atomic E-state index is -4.44. The molecule has 0 amide bonds. The summed E-state index contributed by atoms with van der Waals surface area (Å²) in [4.78, 5) is 0. The predicted octanol–water partition coefficient (Wildman–Crippen LogP) is 4.13. The van der Waals surface area contributed by atoms with Crippen molar-refractivity contribution in [2.24, 2.45) is 5.10 Å². The van der Waals surface area contributed by atoms with E-state index in [0.717, 1.165) is 0 Å². The van der Waals surface area contributed by atoms with Crippen molar-refractivity contribution in [3.8, 4) is 0 Å². The van der Waals surface area contributed by atoms with Gasteiger partial charge in [0.05, 0.1) is 11.4 Å². The first-order chi connectivity index (χ1) is 12.6. The maximum Gasteiger partial charge on any atom is 0.277 e. The number of hydrazone groups is 1. The molecule has 0 aromatic heterocycles. The second-order valence-corrected chi connectivity index (χ2v) is 7.15. The second-order valence-electron chi connectivity index (χ2n) is 5.65. The molecular formula is C20H18N2O3S. The standard InChI is InChI=1S/C20H18N2O3S/c23-26(24,25)20(17-12-6-2-7-13-17)19(16-10-4-1-5-11-16)22-21-18-14-8-3-9-15-18/h1-15,20-21H,(H,23,24,25)/b22-19-. The second kappa shape index (κ2) is 7.95. The maximum atomic E-state index is 12.2. The van der Waals surface area contributed by atoms with Gasteiger partial charge in [0.25, 0.3) is 10.1 Å². The Morgan fingerprint density at radius 2 is 1.31 bits per heavy atom. The lowest BCUT2D eigenvalue weighted by Gasteiger charge is -2.18. The molecule has 1 unspecified atom stereocenters. The molecule has 3 aromatic carbocycles. The van der Waals surface area contributed by atoms with Crippen molar-refractivity contribution in [2.45, 2.75) is 5.25 Å². The van der Waals surface area contributed by atoms with E-state index in [0.29, 0.717) is 16.8 Å². The van der Waals surface area contributed by atoms with E-state index in [4.69, 9.17) is 0 Å². The molecule has 0 aliphatic heterocycles. The molecule has 6 heteroatoms. The van der Waals surface area contributed by atoms with Crippen LogP contribution in [-0.4, -0.2) is 18.7 Å². The van der Waals surface area contributed by atoms with Gasteiger partial charge in [-0.15, -0.1) is 0 Å². The summed E-state index contributed by atoms with van der Waals surface area (Å²) in [5.74, 6) is 0. The third kappa shape index (κ3) is 4.36.